The fraction of sp³-hybridized carbons (Fsp3) is 0.400. The first-order valence-electron chi connectivity index (χ1n) is 6.01. The van der Waals surface area contributed by atoms with Crippen LogP contribution in [0.15, 0.2) is 34.8 Å². The second-order valence-electron chi connectivity index (χ2n) is 4.76. The lowest BCUT2D eigenvalue weighted by Crippen LogP contribution is -1.97. The molecule has 1 aliphatic heterocycles. The minimum atomic E-state index is 0.579. The number of nitrogens with zero attached hydrogens (tertiary/aromatic N) is 1. The van der Waals surface area contributed by atoms with E-state index in [0.29, 0.717) is 5.92 Å². The Morgan fingerprint density at radius 2 is 2.06 bits per heavy atom. The highest BCUT2D eigenvalue weighted by Gasteiger charge is 2.13. The van der Waals surface area contributed by atoms with Crippen LogP contribution >= 0.6 is 0 Å². The quantitative estimate of drug-likeness (QED) is 0.778. The van der Waals surface area contributed by atoms with Gasteiger partial charge in [-0.25, -0.2) is 0 Å². The number of rotatable bonds is 3. The molecule has 0 fully saturated rings. The van der Waals surface area contributed by atoms with Gasteiger partial charge in [0, 0.05) is 5.56 Å². The lowest BCUT2D eigenvalue weighted by molar-refractivity contribution is 0.411. The van der Waals surface area contributed by atoms with Gasteiger partial charge in [0.25, 0.3) is 0 Å². The third-order valence-electron chi connectivity index (χ3n) is 3.19. The summed E-state index contributed by atoms with van der Waals surface area (Å²) in [5, 5.41) is 0. The molecule has 17 heavy (non-hydrogen) atoms. The predicted molar refractivity (Wildman–Crippen MR) is 72.1 cm³/mol. The maximum Gasteiger partial charge on any atom is 0.121 e. The van der Waals surface area contributed by atoms with Gasteiger partial charge in [-0.15, -0.1) is 0 Å². The van der Waals surface area contributed by atoms with E-state index in [0.717, 1.165) is 23.6 Å². The van der Waals surface area contributed by atoms with Gasteiger partial charge in [-0.2, -0.15) is 0 Å². The van der Waals surface area contributed by atoms with Crippen molar-refractivity contribution in [2.45, 2.75) is 20.8 Å². The molecule has 0 atom stereocenters. The highest BCUT2D eigenvalue weighted by atomic mass is 16.5. The molecular weight excluding hydrogens is 210 g/mol. The van der Waals surface area contributed by atoms with Gasteiger partial charge in [0.1, 0.15) is 5.75 Å². The van der Waals surface area contributed by atoms with E-state index < -0.39 is 0 Å². The molecule has 0 amide bonds. The van der Waals surface area contributed by atoms with Crippen LogP contribution in [-0.2, 0) is 0 Å². The second-order valence-corrected chi connectivity index (χ2v) is 4.76. The van der Waals surface area contributed by atoms with Gasteiger partial charge in [0.05, 0.1) is 19.4 Å². The van der Waals surface area contributed by atoms with Crippen LogP contribution in [0.3, 0.4) is 0 Å². The van der Waals surface area contributed by atoms with Crippen LogP contribution in [0.1, 0.15) is 25.0 Å². The van der Waals surface area contributed by atoms with Crippen LogP contribution < -0.4 is 4.74 Å². The standard InChI is InChI=1S/C15H19NO/c1-10(2)13-8-14(16-9-13)12-5-6-15(17-4)11(3)7-12/h5-8,10H,9H2,1-4H3. The molecule has 0 bridgehead atoms. The summed E-state index contributed by atoms with van der Waals surface area (Å²) in [7, 11) is 1.70. The molecule has 0 aliphatic carbocycles. The topological polar surface area (TPSA) is 21.6 Å². The van der Waals surface area contributed by atoms with Crippen LogP contribution in [-0.4, -0.2) is 19.4 Å². The average molecular weight is 229 g/mol. The first-order valence-corrected chi connectivity index (χ1v) is 6.01. The van der Waals surface area contributed by atoms with Crippen molar-refractivity contribution in [3.05, 3.63) is 41.0 Å². The maximum atomic E-state index is 5.27. The van der Waals surface area contributed by atoms with Crippen molar-refractivity contribution in [1.29, 1.82) is 0 Å². The normalized spacial score (nSPS) is 14.9. The molecule has 1 heterocycles. The summed E-state index contributed by atoms with van der Waals surface area (Å²) in [6.45, 7) is 7.33. The number of methoxy groups -OCH3 is 1. The lowest BCUT2D eigenvalue weighted by atomic mass is 10.0. The molecule has 0 spiro atoms. The Balaban J connectivity index is 2.28. The largest absolute Gasteiger partial charge is 0.496 e. The molecule has 0 N–H and O–H groups in total. The van der Waals surface area contributed by atoms with Crippen LogP contribution in [0.4, 0.5) is 0 Å². The van der Waals surface area contributed by atoms with Gasteiger partial charge >= 0.3 is 0 Å². The van der Waals surface area contributed by atoms with E-state index in [1.165, 1.54) is 11.1 Å². The Kier molecular flexibility index (Phi) is 3.32. The van der Waals surface area contributed by atoms with Crippen molar-refractivity contribution in [2.24, 2.45) is 10.9 Å². The molecule has 2 nitrogen and oxygen atoms in total. The van der Waals surface area contributed by atoms with E-state index in [1.807, 2.05) is 6.07 Å². The number of aliphatic imine (C=N–C) groups is 1. The van der Waals surface area contributed by atoms with Crippen molar-refractivity contribution >= 4 is 5.71 Å². The number of hydrogen-bond acceptors (Lipinski definition) is 2. The average Bonchev–Trinajstić information content (AvgIpc) is 2.78. The van der Waals surface area contributed by atoms with E-state index in [4.69, 9.17) is 4.74 Å². The summed E-state index contributed by atoms with van der Waals surface area (Å²) < 4.78 is 5.27. The maximum absolute atomic E-state index is 5.27. The molecule has 1 aromatic carbocycles. The molecule has 0 saturated heterocycles. The summed E-state index contributed by atoms with van der Waals surface area (Å²) in [4.78, 5) is 4.59. The van der Waals surface area contributed by atoms with Crippen molar-refractivity contribution in [1.82, 2.24) is 0 Å². The van der Waals surface area contributed by atoms with E-state index >= 15 is 0 Å². The Labute approximate surface area is 103 Å². The SMILES string of the molecule is COc1ccc(C2=NCC(C(C)C)=C2)cc1C. The number of hydrogen-bond donors (Lipinski definition) is 0. The predicted octanol–water partition coefficient (Wildman–Crippen LogP) is 3.39. The van der Waals surface area contributed by atoms with E-state index in [2.05, 4.69) is 44.0 Å². The Morgan fingerprint density at radius 3 is 2.59 bits per heavy atom. The molecule has 0 radical (unpaired) electrons. The number of aryl methyl sites for hydroxylation is 1. The summed E-state index contributed by atoms with van der Waals surface area (Å²) in [5.41, 5.74) is 4.84. The number of ether oxygens (including phenoxy) is 1. The zero-order valence-corrected chi connectivity index (χ0v) is 10.9. The summed E-state index contributed by atoms with van der Waals surface area (Å²) >= 11 is 0. The molecule has 0 aromatic heterocycles. The summed E-state index contributed by atoms with van der Waals surface area (Å²) in [6.07, 6.45) is 2.21. The van der Waals surface area contributed by atoms with E-state index in [9.17, 15) is 0 Å². The fourth-order valence-electron chi connectivity index (χ4n) is 2.00. The molecule has 1 aliphatic rings. The van der Waals surface area contributed by atoms with Gasteiger partial charge in [-0.05, 0) is 48.3 Å². The Hall–Kier alpha value is -1.57. The molecule has 0 saturated carbocycles. The molecule has 2 rings (SSSR count). The van der Waals surface area contributed by atoms with Crippen molar-refractivity contribution in [3.8, 4) is 5.75 Å². The van der Waals surface area contributed by atoms with Gasteiger partial charge in [-0.1, -0.05) is 13.8 Å². The van der Waals surface area contributed by atoms with Gasteiger partial charge in [-0.3, -0.25) is 4.99 Å². The number of benzene rings is 1. The molecule has 2 heteroatoms. The Morgan fingerprint density at radius 1 is 1.29 bits per heavy atom. The lowest BCUT2D eigenvalue weighted by Gasteiger charge is -2.06. The van der Waals surface area contributed by atoms with Crippen LogP contribution in [0.5, 0.6) is 5.75 Å². The molecule has 90 valence electrons. The van der Waals surface area contributed by atoms with Crippen LogP contribution in [0.25, 0.3) is 0 Å². The third kappa shape index (κ3) is 2.41. The van der Waals surface area contributed by atoms with Crippen molar-refractivity contribution in [3.63, 3.8) is 0 Å². The van der Waals surface area contributed by atoms with Gasteiger partial charge < -0.3 is 4.74 Å². The van der Waals surface area contributed by atoms with E-state index in [-0.39, 0.29) is 0 Å². The van der Waals surface area contributed by atoms with Crippen LogP contribution in [0.2, 0.25) is 0 Å². The first kappa shape index (κ1) is 11.9. The number of allylic oxidation sites excluding steroid dienone is 1. The monoisotopic (exact) mass is 229 g/mol. The Bertz CT molecular complexity index is 484. The zero-order chi connectivity index (χ0) is 12.4. The first-order chi connectivity index (χ1) is 8.11. The highest BCUT2D eigenvalue weighted by Crippen LogP contribution is 2.23. The van der Waals surface area contributed by atoms with E-state index in [1.54, 1.807) is 7.11 Å². The third-order valence-corrected chi connectivity index (χ3v) is 3.19. The second kappa shape index (κ2) is 4.74. The minimum Gasteiger partial charge on any atom is -0.496 e. The van der Waals surface area contributed by atoms with Crippen molar-refractivity contribution in [2.75, 3.05) is 13.7 Å². The zero-order valence-electron chi connectivity index (χ0n) is 10.9. The van der Waals surface area contributed by atoms with Crippen LogP contribution in [0, 0.1) is 12.8 Å². The van der Waals surface area contributed by atoms with Gasteiger partial charge in [0.15, 0.2) is 0 Å². The van der Waals surface area contributed by atoms with Crippen molar-refractivity contribution < 1.29 is 4.74 Å². The van der Waals surface area contributed by atoms with Gasteiger partial charge in [0.2, 0.25) is 0 Å². The molecule has 1 aromatic rings. The molecule has 0 unspecified atom stereocenters. The smallest absolute Gasteiger partial charge is 0.121 e. The minimum absolute atomic E-state index is 0.579. The summed E-state index contributed by atoms with van der Waals surface area (Å²) in [6, 6.07) is 6.22. The fourth-order valence-corrected chi connectivity index (χ4v) is 2.00. The summed E-state index contributed by atoms with van der Waals surface area (Å²) in [5.74, 6) is 1.51. The molecular formula is C15H19NO. The highest BCUT2D eigenvalue weighted by molar-refractivity contribution is 6.10.